The summed E-state index contributed by atoms with van der Waals surface area (Å²) in [6, 6.07) is 39.3. The summed E-state index contributed by atoms with van der Waals surface area (Å²) in [5, 5.41) is 3.11. The maximum atomic E-state index is 13.5. The van der Waals surface area contributed by atoms with Gasteiger partial charge >= 0.3 is 0 Å². The lowest BCUT2D eigenvalue weighted by atomic mass is 9.94. The second kappa shape index (κ2) is 14.5. The average molecular weight is 538 g/mol. The first kappa shape index (κ1) is 27.7. The molecule has 4 aromatic carbocycles. The molecule has 1 aliphatic rings. The van der Waals surface area contributed by atoms with E-state index in [0.717, 1.165) is 22.3 Å². The highest BCUT2D eigenvalue weighted by molar-refractivity contribution is 5.83. The van der Waals surface area contributed by atoms with Crippen molar-refractivity contribution in [1.82, 2.24) is 5.32 Å². The first-order chi connectivity index (χ1) is 19.8. The van der Waals surface area contributed by atoms with Gasteiger partial charge in [0.25, 0.3) is 5.91 Å². The third-order valence-corrected chi connectivity index (χ3v) is 6.86. The van der Waals surface area contributed by atoms with Gasteiger partial charge in [-0.15, -0.1) is 0 Å². The molecule has 0 spiro atoms. The number of benzene rings is 4. The van der Waals surface area contributed by atoms with E-state index in [2.05, 4.69) is 5.32 Å². The summed E-state index contributed by atoms with van der Waals surface area (Å²) in [4.78, 5) is 13.5. The normalized spacial score (nSPS) is 20.6. The minimum atomic E-state index is -0.852. The Hall–Kier alpha value is -3.81. The van der Waals surface area contributed by atoms with Gasteiger partial charge < -0.3 is 24.3 Å². The fraction of sp³-hybridized carbons (Fsp3) is 0.265. The lowest BCUT2D eigenvalue weighted by Gasteiger charge is -2.42. The third-order valence-electron chi connectivity index (χ3n) is 6.86. The number of rotatable bonds is 13. The number of ether oxygens (including phenoxy) is 4. The van der Waals surface area contributed by atoms with Crippen molar-refractivity contribution in [2.45, 2.75) is 50.8 Å². The Kier molecular flexibility index (Phi) is 10.1. The van der Waals surface area contributed by atoms with Gasteiger partial charge in [0.15, 0.2) is 6.10 Å². The molecule has 1 fully saturated rings. The molecule has 6 nitrogen and oxygen atoms in total. The zero-order valence-corrected chi connectivity index (χ0v) is 22.4. The molecule has 0 saturated carbocycles. The highest BCUT2D eigenvalue weighted by Crippen LogP contribution is 2.25. The SMILES string of the molecule is O=C1N[C@H](COCc2ccccc2)[C@H](OCc2ccccc2)[C@H](OCc2ccccc2)[C@@H]1OCc1ccccc1. The van der Waals surface area contributed by atoms with Crippen LogP contribution in [0.15, 0.2) is 121 Å². The van der Waals surface area contributed by atoms with Crippen molar-refractivity contribution < 1.29 is 23.7 Å². The van der Waals surface area contributed by atoms with Gasteiger partial charge in [-0.25, -0.2) is 0 Å². The molecule has 1 aliphatic heterocycles. The molecule has 1 N–H and O–H groups in total. The van der Waals surface area contributed by atoms with Crippen LogP contribution in [0, 0.1) is 0 Å². The van der Waals surface area contributed by atoms with Gasteiger partial charge in [-0.05, 0) is 22.3 Å². The first-order valence-corrected chi connectivity index (χ1v) is 13.6. The highest BCUT2D eigenvalue weighted by atomic mass is 16.6. The van der Waals surface area contributed by atoms with Crippen LogP contribution in [0.3, 0.4) is 0 Å². The Morgan fingerprint density at radius 3 is 1.38 bits per heavy atom. The number of amides is 1. The molecule has 0 bridgehead atoms. The molecule has 6 heteroatoms. The zero-order valence-electron chi connectivity index (χ0n) is 22.4. The molecular weight excluding hydrogens is 502 g/mol. The van der Waals surface area contributed by atoms with Crippen LogP contribution < -0.4 is 5.32 Å². The van der Waals surface area contributed by atoms with Crippen LogP contribution in [0.1, 0.15) is 22.3 Å². The number of carbonyl (C=O) groups is 1. The van der Waals surface area contributed by atoms with Crippen LogP contribution in [0.2, 0.25) is 0 Å². The summed E-state index contributed by atoms with van der Waals surface area (Å²) in [6.07, 6.45) is -2.00. The summed E-state index contributed by atoms with van der Waals surface area (Å²) >= 11 is 0. The maximum absolute atomic E-state index is 13.5. The van der Waals surface area contributed by atoms with Crippen LogP contribution in [0.5, 0.6) is 0 Å². The van der Waals surface area contributed by atoms with Gasteiger partial charge in [0.2, 0.25) is 0 Å². The summed E-state index contributed by atoms with van der Waals surface area (Å²) in [6.45, 7) is 1.68. The summed E-state index contributed by atoms with van der Waals surface area (Å²) < 4.78 is 25.3. The molecule has 0 aromatic heterocycles. The molecule has 1 saturated heterocycles. The molecule has 4 aromatic rings. The van der Waals surface area contributed by atoms with Crippen LogP contribution in [0.4, 0.5) is 0 Å². The molecule has 0 radical (unpaired) electrons. The van der Waals surface area contributed by atoms with E-state index >= 15 is 0 Å². The lowest BCUT2D eigenvalue weighted by Crippen LogP contribution is -2.66. The molecule has 5 rings (SSSR count). The first-order valence-electron chi connectivity index (χ1n) is 13.6. The minimum absolute atomic E-state index is 0.234. The molecule has 1 heterocycles. The fourth-order valence-electron chi connectivity index (χ4n) is 4.77. The summed E-state index contributed by atoms with van der Waals surface area (Å²) in [5.41, 5.74) is 4.08. The van der Waals surface area contributed by atoms with Gasteiger partial charge in [-0.3, -0.25) is 4.79 Å². The molecule has 0 unspecified atom stereocenters. The Bertz CT molecular complexity index is 1290. The maximum Gasteiger partial charge on any atom is 0.252 e. The Morgan fingerprint density at radius 1 is 0.500 bits per heavy atom. The van der Waals surface area contributed by atoms with Crippen molar-refractivity contribution in [2.24, 2.45) is 0 Å². The Balaban J connectivity index is 1.36. The smallest absolute Gasteiger partial charge is 0.252 e. The van der Waals surface area contributed by atoms with E-state index in [0.29, 0.717) is 19.8 Å². The van der Waals surface area contributed by atoms with E-state index in [1.54, 1.807) is 0 Å². The number of hydrogen-bond acceptors (Lipinski definition) is 5. The predicted molar refractivity (Wildman–Crippen MR) is 153 cm³/mol. The molecule has 206 valence electrons. The minimum Gasteiger partial charge on any atom is -0.375 e. The Morgan fingerprint density at radius 2 is 0.900 bits per heavy atom. The van der Waals surface area contributed by atoms with Crippen molar-refractivity contribution in [3.63, 3.8) is 0 Å². The van der Waals surface area contributed by atoms with Crippen LogP contribution in [-0.4, -0.2) is 36.9 Å². The summed E-state index contributed by atoms with van der Waals surface area (Å²) in [5.74, 6) is -0.234. The van der Waals surface area contributed by atoms with Crippen LogP contribution >= 0.6 is 0 Å². The van der Waals surface area contributed by atoms with E-state index < -0.39 is 24.4 Å². The average Bonchev–Trinajstić information content (AvgIpc) is 3.01. The quantitative estimate of drug-likeness (QED) is 0.245. The zero-order chi connectivity index (χ0) is 27.4. The van der Waals surface area contributed by atoms with Gasteiger partial charge in [0.05, 0.1) is 39.1 Å². The van der Waals surface area contributed by atoms with Gasteiger partial charge in [-0.1, -0.05) is 121 Å². The third kappa shape index (κ3) is 7.87. The highest BCUT2D eigenvalue weighted by Gasteiger charge is 2.46. The van der Waals surface area contributed by atoms with E-state index in [1.165, 1.54) is 0 Å². The van der Waals surface area contributed by atoms with E-state index in [9.17, 15) is 4.79 Å². The second-order valence-corrected chi connectivity index (χ2v) is 9.86. The Labute approximate surface area is 235 Å². The number of piperidine rings is 1. The number of hydrogen-bond donors (Lipinski definition) is 1. The standard InChI is InChI=1S/C34H35NO5/c36-34-33(40-24-29-19-11-4-12-20-29)32(39-23-28-17-9-3-10-18-28)31(38-22-27-15-7-2-8-16-27)30(35-34)25-37-21-26-13-5-1-6-14-26/h1-20,30-33H,21-25H2,(H,35,36)/t30-,31+,32+,33+/m1/s1. The van der Waals surface area contributed by atoms with E-state index in [4.69, 9.17) is 18.9 Å². The van der Waals surface area contributed by atoms with Crippen molar-refractivity contribution in [1.29, 1.82) is 0 Å². The van der Waals surface area contributed by atoms with E-state index in [1.807, 2.05) is 121 Å². The van der Waals surface area contributed by atoms with Crippen molar-refractivity contribution >= 4 is 5.91 Å². The van der Waals surface area contributed by atoms with Crippen molar-refractivity contribution in [3.8, 4) is 0 Å². The number of nitrogens with one attached hydrogen (secondary N) is 1. The van der Waals surface area contributed by atoms with E-state index in [-0.39, 0.29) is 19.1 Å². The predicted octanol–water partition coefficient (Wildman–Crippen LogP) is 5.46. The van der Waals surface area contributed by atoms with Gasteiger partial charge in [-0.2, -0.15) is 0 Å². The second-order valence-electron chi connectivity index (χ2n) is 9.86. The molecular formula is C34H35NO5. The summed E-state index contributed by atoms with van der Waals surface area (Å²) in [7, 11) is 0. The topological polar surface area (TPSA) is 66.0 Å². The molecule has 0 aliphatic carbocycles. The largest absolute Gasteiger partial charge is 0.375 e. The van der Waals surface area contributed by atoms with Gasteiger partial charge in [0, 0.05) is 0 Å². The lowest BCUT2D eigenvalue weighted by molar-refractivity contribution is -0.191. The van der Waals surface area contributed by atoms with Crippen molar-refractivity contribution in [2.75, 3.05) is 6.61 Å². The monoisotopic (exact) mass is 537 g/mol. The molecule has 4 atom stereocenters. The number of carbonyl (C=O) groups excluding carboxylic acids is 1. The molecule has 1 amide bonds. The van der Waals surface area contributed by atoms with Crippen LogP contribution in [0.25, 0.3) is 0 Å². The molecule has 40 heavy (non-hydrogen) atoms. The van der Waals surface area contributed by atoms with Crippen molar-refractivity contribution in [3.05, 3.63) is 144 Å². The van der Waals surface area contributed by atoms with Gasteiger partial charge in [0.1, 0.15) is 12.2 Å². The van der Waals surface area contributed by atoms with Crippen LogP contribution in [-0.2, 0) is 50.2 Å². The fourth-order valence-corrected chi connectivity index (χ4v) is 4.77.